The van der Waals surface area contributed by atoms with Crippen LogP contribution >= 0.6 is 11.8 Å². The van der Waals surface area contributed by atoms with Gasteiger partial charge in [-0.3, -0.25) is 14.9 Å². The third-order valence-corrected chi connectivity index (χ3v) is 7.27. The number of aliphatic imine (C=N–C) groups is 1. The summed E-state index contributed by atoms with van der Waals surface area (Å²) in [4.78, 5) is 46.3. The normalized spacial score (nSPS) is 15.4. The maximum Gasteiger partial charge on any atom is 0.344 e. The van der Waals surface area contributed by atoms with Gasteiger partial charge in [-0.15, -0.1) is 0 Å². The van der Waals surface area contributed by atoms with Gasteiger partial charge in [-0.1, -0.05) is 25.6 Å². The number of carbonyl (C=O) groups is 2. The Morgan fingerprint density at radius 2 is 1.87 bits per heavy atom. The summed E-state index contributed by atoms with van der Waals surface area (Å²) >= 11 is 1.06. The summed E-state index contributed by atoms with van der Waals surface area (Å²) in [5.74, 6) is -1.22. The highest BCUT2D eigenvalue weighted by Gasteiger charge is 2.33. The third-order valence-electron chi connectivity index (χ3n) is 6.25. The molecule has 1 aromatic carbocycles. The lowest BCUT2D eigenvalue weighted by Crippen LogP contribution is -2.35. The van der Waals surface area contributed by atoms with Crippen LogP contribution < -0.4 is 5.32 Å². The molecule has 0 saturated carbocycles. The SMILES string of the molecule is CCOC(=O)C1=C(O)/C(=C\c2[nH]c(C)c(C(=O)NCCN(CC)CC)c2C)SC1=Nc1ccc([N+](=O)[O-])cc1. The zero-order valence-electron chi connectivity index (χ0n) is 22.7. The Balaban J connectivity index is 1.92. The molecular formula is C27H33N5O6S. The fourth-order valence-corrected chi connectivity index (χ4v) is 5.12. The van der Waals surface area contributed by atoms with Gasteiger partial charge in [0.25, 0.3) is 11.6 Å². The predicted octanol–water partition coefficient (Wildman–Crippen LogP) is 4.80. The van der Waals surface area contributed by atoms with E-state index in [2.05, 4.69) is 34.0 Å². The lowest BCUT2D eigenvalue weighted by Gasteiger charge is -2.18. The molecule has 1 aliphatic heterocycles. The number of amides is 1. The van der Waals surface area contributed by atoms with Crippen molar-refractivity contribution in [2.45, 2.75) is 34.6 Å². The second-order valence-electron chi connectivity index (χ2n) is 8.69. The van der Waals surface area contributed by atoms with Crippen molar-refractivity contribution < 1.29 is 24.4 Å². The Bertz CT molecular complexity index is 1340. The summed E-state index contributed by atoms with van der Waals surface area (Å²) in [5, 5.41) is 25.1. The number of hydrogen-bond acceptors (Lipinski definition) is 9. The van der Waals surface area contributed by atoms with Crippen LogP contribution in [0.1, 0.15) is 48.1 Å². The highest BCUT2D eigenvalue weighted by molar-refractivity contribution is 8.18. The number of likely N-dealkylation sites (N-methyl/N-ethyl adjacent to an activating group) is 1. The van der Waals surface area contributed by atoms with E-state index in [-0.39, 0.29) is 34.6 Å². The number of aliphatic hydroxyl groups excluding tert-OH is 1. The minimum absolute atomic E-state index is 0.0897. The number of aromatic amines is 1. The van der Waals surface area contributed by atoms with Gasteiger partial charge >= 0.3 is 5.97 Å². The molecule has 2 aromatic rings. The van der Waals surface area contributed by atoms with Gasteiger partial charge < -0.3 is 25.0 Å². The van der Waals surface area contributed by atoms with Crippen molar-refractivity contribution in [3.8, 4) is 0 Å². The van der Waals surface area contributed by atoms with E-state index in [9.17, 15) is 24.8 Å². The van der Waals surface area contributed by atoms with Gasteiger partial charge in [0.15, 0.2) is 0 Å². The third kappa shape index (κ3) is 6.95. The van der Waals surface area contributed by atoms with Gasteiger partial charge in [0.05, 0.1) is 27.7 Å². The number of nitro groups is 1. The van der Waals surface area contributed by atoms with Crippen LogP contribution in [0.2, 0.25) is 0 Å². The maximum absolute atomic E-state index is 12.9. The van der Waals surface area contributed by atoms with E-state index in [1.54, 1.807) is 19.9 Å². The van der Waals surface area contributed by atoms with E-state index in [1.807, 2.05) is 6.92 Å². The largest absolute Gasteiger partial charge is 0.506 e. The van der Waals surface area contributed by atoms with Gasteiger partial charge in [-0.05, 0) is 57.6 Å². The number of non-ortho nitro benzene ring substituents is 1. The molecule has 0 atom stereocenters. The molecule has 0 radical (unpaired) electrons. The van der Waals surface area contributed by atoms with Gasteiger partial charge in [-0.2, -0.15) is 0 Å². The number of nitrogens with one attached hydrogen (secondary N) is 2. The number of nitro benzene ring substituents is 1. The Kier molecular flexibility index (Phi) is 10.1. The van der Waals surface area contributed by atoms with Crippen LogP contribution in [0, 0.1) is 24.0 Å². The minimum Gasteiger partial charge on any atom is -0.506 e. The van der Waals surface area contributed by atoms with E-state index in [1.165, 1.54) is 24.3 Å². The van der Waals surface area contributed by atoms with Crippen LogP contribution in [0.3, 0.4) is 0 Å². The summed E-state index contributed by atoms with van der Waals surface area (Å²) in [6.45, 7) is 12.6. The van der Waals surface area contributed by atoms with E-state index in [4.69, 9.17) is 4.74 Å². The Morgan fingerprint density at radius 3 is 2.46 bits per heavy atom. The lowest BCUT2D eigenvalue weighted by atomic mass is 10.1. The molecule has 1 aliphatic rings. The molecule has 1 amide bonds. The smallest absolute Gasteiger partial charge is 0.344 e. The summed E-state index contributed by atoms with van der Waals surface area (Å²) in [6, 6.07) is 5.53. The summed E-state index contributed by atoms with van der Waals surface area (Å²) < 4.78 is 5.13. The van der Waals surface area contributed by atoms with Crippen molar-refractivity contribution in [3.63, 3.8) is 0 Å². The highest BCUT2D eigenvalue weighted by Crippen LogP contribution is 2.40. The molecule has 0 fully saturated rings. The number of carbonyl (C=O) groups excluding carboxylic acids is 2. The second-order valence-corrected chi connectivity index (χ2v) is 9.72. The zero-order chi connectivity index (χ0) is 28.7. The molecule has 11 nitrogen and oxygen atoms in total. The molecule has 3 rings (SSSR count). The van der Waals surface area contributed by atoms with Crippen molar-refractivity contribution in [2.75, 3.05) is 32.8 Å². The molecule has 3 N–H and O–H groups in total. The minimum atomic E-state index is -0.737. The van der Waals surface area contributed by atoms with Crippen LogP contribution in [-0.2, 0) is 9.53 Å². The molecule has 0 saturated heterocycles. The first-order valence-corrected chi connectivity index (χ1v) is 13.5. The molecule has 208 valence electrons. The number of aliphatic hydroxyl groups is 1. The molecule has 1 aromatic heterocycles. The molecule has 0 unspecified atom stereocenters. The molecule has 0 bridgehead atoms. The fraction of sp³-hybridized carbons (Fsp3) is 0.370. The number of H-pyrrole nitrogens is 1. The van der Waals surface area contributed by atoms with Crippen molar-refractivity contribution in [1.82, 2.24) is 15.2 Å². The van der Waals surface area contributed by atoms with Gasteiger partial charge in [0.2, 0.25) is 0 Å². The molecule has 0 spiro atoms. The van der Waals surface area contributed by atoms with Crippen LogP contribution in [0.15, 0.2) is 45.5 Å². The van der Waals surface area contributed by atoms with Crippen LogP contribution in [0.25, 0.3) is 6.08 Å². The quantitative estimate of drug-likeness (QED) is 0.203. The summed E-state index contributed by atoms with van der Waals surface area (Å²) in [7, 11) is 0. The Morgan fingerprint density at radius 1 is 1.21 bits per heavy atom. The number of aryl methyl sites for hydroxylation is 1. The molecular weight excluding hydrogens is 522 g/mol. The summed E-state index contributed by atoms with van der Waals surface area (Å²) in [6.07, 6.45) is 1.66. The number of hydrogen-bond donors (Lipinski definition) is 3. The molecule has 2 heterocycles. The Labute approximate surface area is 231 Å². The number of nitrogens with zero attached hydrogens (tertiary/aromatic N) is 3. The highest BCUT2D eigenvalue weighted by atomic mass is 32.2. The van der Waals surface area contributed by atoms with E-state index < -0.39 is 10.9 Å². The number of thioether (sulfide) groups is 1. The fourth-order valence-electron chi connectivity index (χ4n) is 4.10. The lowest BCUT2D eigenvalue weighted by molar-refractivity contribution is -0.384. The molecule has 39 heavy (non-hydrogen) atoms. The zero-order valence-corrected chi connectivity index (χ0v) is 23.5. The average molecular weight is 556 g/mol. The number of ether oxygens (including phenoxy) is 1. The summed E-state index contributed by atoms with van der Waals surface area (Å²) in [5.41, 5.74) is 2.70. The monoisotopic (exact) mass is 555 g/mol. The second kappa shape index (κ2) is 13.3. The standard InChI is InChI=1S/C27H33N5O6S/c1-6-31(7-2)14-13-28-25(34)22-16(4)20(29-17(22)5)15-21-24(33)23(27(35)38-8-3)26(39-21)30-18-9-11-19(12-10-18)32(36)37/h9-12,15,29,33H,6-8,13-14H2,1-5H3,(H,28,34)/b21-15+,30-26?. The molecule has 12 heteroatoms. The average Bonchev–Trinajstić information content (AvgIpc) is 3.36. The van der Waals surface area contributed by atoms with Gasteiger partial charge in [0, 0.05) is 36.6 Å². The van der Waals surface area contributed by atoms with Gasteiger partial charge in [-0.25, -0.2) is 9.79 Å². The van der Waals surface area contributed by atoms with Crippen molar-refractivity contribution in [2.24, 2.45) is 4.99 Å². The number of esters is 1. The Hall–Kier alpha value is -3.90. The van der Waals surface area contributed by atoms with Crippen molar-refractivity contribution >= 4 is 46.1 Å². The van der Waals surface area contributed by atoms with Gasteiger partial charge in [0.1, 0.15) is 16.4 Å². The first kappa shape index (κ1) is 29.7. The van der Waals surface area contributed by atoms with Crippen molar-refractivity contribution in [1.29, 1.82) is 0 Å². The first-order valence-electron chi connectivity index (χ1n) is 12.6. The van der Waals surface area contributed by atoms with Crippen LogP contribution in [0.5, 0.6) is 0 Å². The van der Waals surface area contributed by atoms with E-state index in [0.29, 0.717) is 39.7 Å². The molecule has 0 aliphatic carbocycles. The predicted molar refractivity (Wildman–Crippen MR) is 152 cm³/mol. The van der Waals surface area contributed by atoms with Crippen LogP contribution in [-0.4, -0.2) is 69.6 Å². The number of aromatic nitrogens is 1. The maximum atomic E-state index is 12.9. The topological polar surface area (TPSA) is 150 Å². The van der Waals surface area contributed by atoms with E-state index >= 15 is 0 Å². The van der Waals surface area contributed by atoms with Crippen molar-refractivity contribution in [3.05, 3.63) is 73.1 Å². The van der Waals surface area contributed by atoms with E-state index in [0.717, 1.165) is 31.4 Å². The van der Waals surface area contributed by atoms with Crippen LogP contribution in [0.4, 0.5) is 11.4 Å². The number of rotatable bonds is 11. The number of benzene rings is 1. The first-order chi connectivity index (χ1) is 18.6.